The molecule has 98 valence electrons. The van der Waals surface area contributed by atoms with E-state index in [2.05, 4.69) is 5.32 Å². The normalized spacial score (nSPS) is 17.8. The Morgan fingerprint density at radius 2 is 2.06 bits per heavy atom. The van der Waals surface area contributed by atoms with Crippen LogP contribution in [0.1, 0.15) is 52.9 Å². The smallest absolute Gasteiger partial charge is 0.240 e. The zero-order valence-electron chi connectivity index (χ0n) is 11.2. The lowest BCUT2D eigenvalue weighted by molar-refractivity contribution is -0.136. The van der Waals surface area contributed by atoms with E-state index < -0.39 is 0 Å². The first-order chi connectivity index (χ1) is 7.94. The number of carbonyl (C=O) groups is 2. The lowest BCUT2D eigenvalue weighted by atomic mass is 10.0. The van der Waals surface area contributed by atoms with E-state index in [4.69, 9.17) is 0 Å². The quantitative estimate of drug-likeness (QED) is 0.813. The van der Waals surface area contributed by atoms with E-state index >= 15 is 0 Å². The Kier molecular flexibility index (Phi) is 4.97. The predicted molar refractivity (Wildman–Crippen MR) is 67.6 cm³/mol. The molecule has 0 aliphatic carbocycles. The van der Waals surface area contributed by atoms with Gasteiger partial charge < -0.3 is 10.2 Å². The van der Waals surface area contributed by atoms with Crippen LogP contribution in [0, 0.1) is 0 Å². The number of nitrogens with one attached hydrogen (secondary N) is 1. The summed E-state index contributed by atoms with van der Waals surface area (Å²) in [5.74, 6) is 0.0686. The number of hydrogen-bond donors (Lipinski definition) is 1. The summed E-state index contributed by atoms with van der Waals surface area (Å²) in [6.07, 6.45) is 4.52. The van der Waals surface area contributed by atoms with E-state index in [1.165, 1.54) is 0 Å². The molecular formula is C13H24N2O2. The standard InChI is InChI=1S/C13H24N2O2/c1-4-13(2,3)14-11(16)10-15-9-7-5-6-8-12(15)17/h4-10H2,1-3H3,(H,14,16). The van der Waals surface area contributed by atoms with Crippen molar-refractivity contribution >= 4 is 11.8 Å². The third kappa shape index (κ3) is 4.75. The molecule has 0 saturated carbocycles. The van der Waals surface area contributed by atoms with Crippen LogP contribution in [0.5, 0.6) is 0 Å². The van der Waals surface area contributed by atoms with Gasteiger partial charge in [0.2, 0.25) is 11.8 Å². The van der Waals surface area contributed by atoms with Gasteiger partial charge in [0.15, 0.2) is 0 Å². The SMILES string of the molecule is CCC(C)(C)NC(=O)CN1CCCCCC1=O. The van der Waals surface area contributed by atoms with Gasteiger partial charge in [-0.2, -0.15) is 0 Å². The molecule has 1 aliphatic heterocycles. The molecule has 0 radical (unpaired) electrons. The van der Waals surface area contributed by atoms with Crippen molar-refractivity contribution in [1.29, 1.82) is 0 Å². The molecule has 4 heteroatoms. The molecule has 0 aromatic heterocycles. The Labute approximate surface area is 104 Å². The average Bonchev–Trinajstić information content (AvgIpc) is 2.44. The van der Waals surface area contributed by atoms with Gasteiger partial charge in [0, 0.05) is 18.5 Å². The number of rotatable bonds is 4. The Hall–Kier alpha value is -1.06. The van der Waals surface area contributed by atoms with E-state index in [1.54, 1.807) is 4.90 Å². The summed E-state index contributed by atoms with van der Waals surface area (Å²) in [4.78, 5) is 25.3. The Morgan fingerprint density at radius 3 is 2.71 bits per heavy atom. The second-order valence-electron chi connectivity index (χ2n) is 5.41. The second kappa shape index (κ2) is 6.03. The molecule has 1 fully saturated rings. The summed E-state index contributed by atoms with van der Waals surface area (Å²) in [6, 6.07) is 0. The second-order valence-corrected chi connectivity index (χ2v) is 5.41. The summed E-state index contributed by atoms with van der Waals surface area (Å²) in [5.41, 5.74) is -0.189. The van der Waals surface area contributed by atoms with Gasteiger partial charge in [-0.1, -0.05) is 13.3 Å². The third-order valence-corrected chi connectivity index (χ3v) is 3.37. The van der Waals surface area contributed by atoms with Crippen molar-refractivity contribution in [3.8, 4) is 0 Å². The van der Waals surface area contributed by atoms with Crippen LogP contribution in [0.15, 0.2) is 0 Å². The zero-order chi connectivity index (χ0) is 12.9. The third-order valence-electron chi connectivity index (χ3n) is 3.37. The van der Waals surface area contributed by atoms with Gasteiger partial charge in [-0.3, -0.25) is 9.59 Å². The van der Waals surface area contributed by atoms with Gasteiger partial charge in [0.1, 0.15) is 0 Å². The molecule has 0 aromatic rings. The molecule has 1 N–H and O–H groups in total. The molecule has 1 aliphatic rings. The summed E-state index contributed by atoms with van der Waals surface area (Å²) in [7, 11) is 0. The number of hydrogen-bond acceptors (Lipinski definition) is 2. The van der Waals surface area contributed by atoms with Crippen LogP contribution < -0.4 is 5.32 Å². The van der Waals surface area contributed by atoms with Crippen LogP contribution in [0.4, 0.5) is 0 Å². The van der Waals surface area contributed by atoms with Crippen LogP contribution in [-0.4, -0.2) is 35.3 Å². The molecule has 0 spiro atoms. The molecule has 1 heterocycles. The van der Waals surface area contributed by atoms with Crippen molar-refractivity contribution in [3.63, 3.8) is 0 Å². The van der Waals surface area contributed by atoms with E-state index in [9.17, 15) is 9.59 Å². The Morgan fingerprint density at radius 1 is 1.35 bits per heavy atom. The maximum Gasteiger partial charge on any atom is 0.240 e. The largest absolute Gasteiger partial charge is 0.350 e. The van der Waals surface area contributed by atoms with Crippen LogP contribution in [0.25, 0.3) is 0 Å². The highest BCUT2D eigenvalue weighted by atomic mass is 16.2. The predicted octanol–water partition coefficient (Wildman–Crippen LogP) is 1.69. The fraction of sp³-hybridized carbons (Fsp3) is 0.846. The minimum Gasteiger partial charge on any atom is -0.350 e. The van der Waals surface area contributed by atoms with Gasteiger partial charge in [0.05, 0.1) is 6.54 Å². The molecule has 17 heavy (non-hydrogen) atoms. The first-order valence-corrected chi connectivity index (χ1v) is 6.53. The number of amides is 2. The highest BCUT2D eigenvalue weighted by Gasteiger charge is 2.22. The van der Waals surface area contributed by atoms with Crippen molar-refractivity contribution in [2.24, 2.45) is 0 Å². The van der Waals surface area contributed by atoms with Gasteiger partial charge in [-0.05, 0) is 33.1 Å². The number of nitrogens with zero attached hydrogens (tertiary/aromatic N) is 1. The van der Waals surface area contributed by atoms with Crippen LogP contribution in [0.2, 0.25) is 0 Å². The fourth-order valence-electron chi connectivity index (χ4n) is 1.88. The molecule has 4 nitrogen and oxygen atoms in total. The van der Waals surface area contributed by atoms with E-state index in [-0.39, 0.29) is 23.9 Å². The van der Waals surface area contributed by atoms with Gasteiger partial charge in [-0.25, -0.2) is 0 Å². The average molecular weight is 240 g/mol. The fourth-order valence-corrected chi connectivity index (χ4v) is 1.88. The zero-order valence-corrected chi connectivity index (χ0v) is 11.2. The van der Waals surface area contributed by atoms with E-state index in [0.29, 0.717) is 6.42 Å². The molecule has 0 unspecified atom stereocenters. The van der Waals surface area contributed by atoms with Crippen molar-refractivity contribution in [3.05, 3.63) is 0 Å². The minimum atomic E-state index is -0.189. The lowest BCUT2D eigenvalue weighted by Crippen LogP contribution is -2.48. The number of carbonyl (C=O) groups excluding carboxylic acids is 2. The molecule has 0 atom stereocenters. The van der Waals surface area contributed by atoms with Crippen molar-refractivity contribution in [1.82, 2.24) is 10.2 Å². The Bertz CT molecular complexity index is 287. The molecule has 0 bridgehead atoms. The number of likely N-dealkylation sites (tertiary alicyclic amines) is 1. The van der Waals surface area contributed by atoms with Gasteiger partial charge >= 0.3 is 0 Å². The summed E-state index contributed by atoms with van der Waals surface area (Å²) >= 11 is 0. The molecule has 2 amide bonds. The molecular weight excluding hydrogens is 216 g/mol. The van der Waals surface area contributed by atoms with E-state index in [0.717, 1.165) is 32.2 Å². The Balaban J connectivity index is 2.46. The monoisotopic (exact) mass is 240 g/mol. The lowest BCUT2D eigenvalue weighted by Gasteiger charge is -2.27. The topological polar surface area (TPSA) is 49.4 Å². The van der Waals surface area contributed by atoms with Crippen molar-refractivity contribution in [2.45, 2.75) is 58.4 Å². The van der Waals surface area contributed by atoms with Gasteiger partial charge in [-0.15, -0.1) is 0 Å². The molecule has 0 aromatic carbocycles. The van der Waals surface area contributed by atoms with Crippen LogP contribution >= 0.6 is 0 Å². The van der Waals surface area contributed by atoms with Crippen LogP contribution in [-0.2, 0) is 9.59 Å². The summed E-state index contributed by atoms with van der Waals surface area (Å²) in [6.45, 7) is 6.96. The minimum absolute atomic E-state index is 0.0490. The first kappa shape index (κ1) is 14.0. The van der Waals surface area contributed by atoms with Gasteiger partial charge in [0.25, 0.3) is 0 Å². The maximum absolute atomic E-state index is 11.8. The van der Waals surface area contributed by atoms with Crippen LogP contribution in [0.3, 0.4) is 0 Å². The molecule has 1 saturated heterocycles. The molecule has 1 rings (SSSR count). The maximum atomic E-state index is 11.8. The first-order valence-electron chi connectivity index (χ1n) is 6.53. The summed E-state index contributed by atoms with van der Waals surface area (Å²) in [5, 5.41) is 2.96. The summed E-state index contributed by atoms with van der Waals surface area (Å²) < 4.78 is 0. The highest BCUT2D eigenvalue weighted by molar-refractivity contribution is 5.85. The van der Waals surface area contributed by atoms with Crippen molar-refractivity contribution in [2.75, 3.05) is 13.1 Å². The van der Waals surface area contributed by atoms with Crippen molar-refractivity contribution < 1.29 is 9.59 Å². The highest BCUT2D eigenvalue weighted by Crippen LogP contribution is 2.11. The van der Waals surface area contributed by atoms with E-state index in [1.807, 2.05) is 20.8 Å².